The number of nitrogens with zero attached hydrogens (tertiary/aromatic N) is 4. The number of amides is 4. The molecule has 4 heterocycles. The molecule has 37 heavy (non-hydrogen) atoms. The first-order valence-electron chi connectivity index (χ1n) is 13.1. The van der Waals surface area contributed by atoms with Crippen LogP contribution in [-0.4, -0.2) is 73.4 Å². The predicted octanol–water partition coefficient (Wildman–Crippen LogP) is 4.22. The van der Waals surface area contributed by atoms with Gasteiger partial charge in [-0.2, -0.15) is 0 Å². The van der Waals surface area contributed by atoms with Gasteiger partial charge in [0, 0.05) is 44.3 Å². The van der Waals surface area contributed by atoms with E-state index < -0.39 is 5.25 Å². The van der Waals surface area contributed by atoms with Crippen molar-refractivity contribution in [1.29, 1.82) is 0 Å². The molecule has 3 aliphatic heterocycles. The van der Waals surface area contributed by atoms with Crippen LogP contribution in [0.1, 0.15) is 63.1 Å². The van der Waals surface area contributed by atoms with Crippen LogP contribution in [0.15, 0.2) is 36.8 Å². The molecule has 5 rings (SSSR count). The highest BCUT2D eigenvalue weighted by atomic mass is 32.2. The number of urea groups is 1. The van der Waals surface area contributed by atoms with Crippen molar-refractivity contribution in [3.05, 3.63) is 48.0 Å². The molecule has 1 aromatic heterocycles. The number of anilines is 1. The molecule has 0 aliphatic carbocycles. The Hall–Kier alpha value is -3.01. The molecule has 2 aromatic rings. The number of aromatic amines is 1. The number of carbonyl (C=O) groups is 3. The minimum Gasteiger partial charge on any atom is -0.346 e. The highest BCUT2D eigenvalue weighted by Gasteiger charge is 2.43. The number of carbonyl (C=O) groups excluding carboxylic acids is 3. The lowest BCUT2D eigenvalue weighted by atomic mass is 9.92. The van der Waals surface area contributed by atoms with Gasteiger partial charge in [0.25, 0.3) is 0 Å². The van der Waals surface area contributed by atoms with E-state index in [0.717, 1.165) is 36.2 Å². The number of aromatic nitrogens is 2. The second kappa shape index (κ2) is 10.4. The first-order chi connectivity index (χ1) is 17.7. The molecule has 2 atom stereocenters. The Bertz CT molecular complexity index is 1140. The molecular formula is C27H36N6O3S. The lowest BCUT2D eigenvalue weighted by molar-refractivity contribution is -0.137. The van der Waals surface area contributed by atoms with Crippen molar-refractivity contribution in [2.24, 2.45) is 5.41 Å². The zero-order valence-electron chi connectivity index (χ0n) is 21.8. The van der Waals surface area contributed by atoms with Crippen LogP contribution < -0.4 is 5.32 Å². The molecule has 10 heteroatoms. The molecule has 2 N–H and O–H groups in total. The topological polar surface area (TPSA) is 102 Å². The van der Waals surface area contributed by atoms with Gasteiger partial charge in [-0.15, -0.1) is 11.8 Å². The minimum atomic E-state index is -0.400. The Morgan fingerprint density at radius 3 is 2.62 bits per heavy atom. The summed E-state index contributed by atoms with van der Waals surface area (Å²) in [5.41, 5.74) is 2.99. The molecule has 0 bridgehead atoms. The Morgan fingerprint density at radius 2 is 1.92 bits per heavy atom. The van der Waals surface area contributed by atoms with Crippen LogP contribution in [0.5, 0.6) is 0 Å². The first-order valence-corrected chi connectivity index (χ1v) is 14.0. The van der Waals surface area contributed by atoms with E-state index in [1.54, 1.807) is 24.3 Å². The first kappa shape index (κ1) is 25.6. The summed E-state index contributed by atoms with van der Waals surface area (Å²) in [6.07, 6.45) is 5.95. The van der Waals surface area contributed by atoms with Crippen molar-refractivity contribution in [2.45, 2.75) is 69.7 Å². The average Bonchev–Trinajstić information content (AvgIpc) is 3.50. The summed E-state index contributed by atoms with van der Waals surface area (Å²) < 4.78 is 0. The number of hydrogen-bond donors (Lipinski definition) is 2. The van der Waals surface area contributed by atoms with Gasteiger partial charge < -0.3 is 25.0 Å². The maximum atomic E-state index is 13.4. The molecule has 9 nitrogen and oxygen atoms in total. The summed E-state index contributed by atoms with van der Waals surface area (Å²) in [6.45, 7) is 8.94. The van der Waals surface area contributed by atoms with Crippen LogP contribution in [0.2, 0.25) is 0 Å². The van der Waals surface area contributed by atoms with E-state index in [0.29, 0.717) is 26.2 Å². The number of fused-ring (bicyclic) bond motifs is 1. The van der Waals surface area contributed by atoms with Gasteiger partial charge in [-0.25, -0.2) is 9.78 Å². The van der Waals surface area contributed by atoms with Crippen LogP contribution in [-0.2, 0) is 16.1 Å². The molecule has 4 amide bonds. The van der Waals surface area contributed by atoms with E-state index in [1.807, 2.05) is 39.0 Å². The molecule has 2 fully saturated rings. The summed E-state index contributed by atoms with van der Waals surface area (Å²) in [5.74, 6) is 0.0412. The molecular weight excluding hydrogens is 488 g/mol. The third-order valence-corrected chi connectivity index (χ3v) is 8.96. The molecule has 2 saturated heterocycles. The number of para-hydroxylation sites is 1. The lowest BCUT2D eigenvalue weighted by Crippen LogP contribution is -2.51. The number of likely N-dealkylation sites (tertiary alicyclic amines) is 1. The summed E-state index contributed by atoms with van der Waals surface area (Å²) in [5, 5.41) is 2.44. The predicted molar refractivity (Wildman–Crippen MR) is 144 cm³/mol. The van der Waals surface area contributed by atoms with Crippen molar-refractivity contribution in [3.8, 4) is 0 Å². The molecule has 0 radical (unpaired) electrons. The van der Waals surface area contributed by atoms with Crippen molar-refractivity contribution >= 4 is 35.3 Å². The van der Waals surface area contributed by atoms with Gasteiger partial charge in [0.1, 0.15) is 5.37 Å². The number of H-pyrrole nitrogens is 1. The SMILES string of the molecule is CC(C)(C)CCN1C(=O)C(CC(=O)N2CCC(N3Cc4ccccc4NC3=O)CC2)SC1c1cnc[nH]1. The number of nitrogens with one attached hydrogen (secondary N) is 2. The molecule has 3 aliphatic rings. The fourth-order valence-electron chi connectivity index (χ4n) is 5.28. The summed E-state index contributed by atoms with van der Waals surface area (Å²) in [4.78, 5) is 52.3. The van der Waals surface area contributed by atoms with E-state index in [9.17, 15) is 14.4 Å². The summed E-state index contributed by atoms with van der Waals surface area (Å²) >= 11 is 1.54. The average molecular weight is 525 g/mol. The maximum absolute atomic E-state index is 13.4. The zero-order chi connectivity index (χ0) is 26.2. The largest absolute Gasteiger partial charge is 0.346 e. The van der Waals surface area contributed by atoms with Crippen LogP contribution >= 0.6 is 11.8 Å². The summed E-state index contributed by atoms with van der Waals surface area (Å²) in [6, 6.07) is 7.90. The number of piperidine rings is 1. The molecule has 2 unspecified atom stereocenters. The van der Waals surface area contributed by atoms with Gasteiger partial charge in [0.05, 0.1) is 23.5 Å². The van der Waals surface area contributed by atoms with E-state index in [-0.39, 0.29) is 41.1 Å². The third kappa shape index (κ3) is 5.63. The van der Waals surface area contributed by atoms with Crippen molar-refractivity contribution in [2.75, 3.05) is 25.0 Å². The van der Waals surface area contributed by atoms with Crippen molar-refractivity contribution < 1.29 is 14.4 Å². The van der Waals surface area contributed by atoms with E-state index >= 15 is 0 Å². The van der Waals surface area contributed by atoms with Gasteiger partial charge in [0.15, 0.2) is 0 Å². The Kier molecular flexibility index (Phi) is 7.20. The number of imidazole rings is 1. The van der Waals surface area contributed by atoms with Crippen LogP contribution in [0.25, 0.3) is 0 Å². The van der Waals surface area contributed by atoms with Crippen LogP contribution in [0.3, 0.4) is 0 Å². The molecule has 0 spiro atoms. The Morgan fingerprint density at radius 1 is 1.16 bits per heavy atom. The minimum absolute atomic E-state index is 0.0128. The van der Waals surface area contributed by atoms with Crippen molar-refractivity contribution in [3.63, 3.8) is 0 Å². The lowest BCUT2D eigenvalue weighted by Gasteiger charge is -2.40. The van der Waals surface area contributed by atoms with Crippen LogP contribution in [0.4, 0.5) is 10.5 Å². The monoisotopic (exact) mass is 524 g/mol. The van der Waals surface area contributed by atoms with E-state index in [4.69, 9.17) is 0 Å². The molecule has 0 saturated carbocycles. The van der Waals surface area contributed by atoms with Crippen LogP contribution in [0, 0.1) is 5.41 Å². The zero-order valence-corrected chi connectivity index (χ0v) is 22.6. The summed E-state index contributed by atoms with van der Waals surface area (Å²) in [7, 11) is 0. The fraction of sp³-hybridized carbons (Fsp3) is 0.556. The van der Waals surface area contributed by atoms with Gasteiger partial charge in [0.2, 0.25) is 11.8 Å². The standard InChI is InChI=1S/C27H36N6O3S/c1-27(2,3)10-13-32-24(35)22(37-25(32)21-15-28-17-29-21)14-23(34)31-11-8-19(9-12-31)33-16-18-6-4-5-7-20(18)30-26(33)36/h4-7,15,17,19,22,25H,8-14,16H2,1-3H3,(H,28,29)(H,30,36). The fourth-order valence-corrected chi connectivity index (χ4v) is 6.71. The van der Waals surface area contributed by atoms with E-state index in [1.165, 1.54) is 0 Å². The molecule has 198 valence electrons. The van der Waals surface area contributed by atoms with Gasteiger partial charge in [-0.05, 0) is 36.3 Å². The Labute approximate surface area is 222 Å². The van der Waals surface area contributed by atoms with Crippen molar-refractivity contribution in [1.82, 2.24) is 24.7 Å². The number of benzene rings is 1. The second-order valence-corrected chi connectivity index (χ2v) is 12.6. The number of hydrogen-bond acceptors (Lipinski definition) is 5. The quantitative estimate of drug-likeness (QED) is 0.589. The van der Waals surface area contributed by atoms with Gasteiger partial charge in [-0.1, -0.05) is 39.0 Å². The smallest absolute Gasteiger partial charge is 0.322 e. The van der Waals surface area contributed by atoms with Gasteiger partial charge >= 0.3 is 6.03 Å². The molecule has 1 aromatic carbocycles. The third-order valence-electron chi connectivity index (χ3n) is 7.50. The number of rotatable bonds is 6. The highest BCUT2D eigenvalue weighted by molar-refractivity contribution is 8.01. The highest BCUT2D eigenvalue weighted by Crippen LogP contribution is 2.44. The van der Waals surface area contributed by atoms with Gasteiger partial charge in [-0.3, -0.25) is 9.59 Å². The maximum Gasteiger partial charge on any atom is 0.322 e. The Balaban J connectivity index is 1.18. The second-order valence-electron chi connectivity index (χ2n) is 11.4. The van der Waals surface area contributed by atoms with E-state index in [2.05, 4.69) is 36.1 Å². The number of thioether (sulfide) groups is 1. The normalized spacial score (nSPS) is 22.8.